The number of rotatable bonds is 5. The highest BCUT2D eigenvalue weighted by Crippen LogP contribution is 2.25. The fraction of sp³-hybridized carbons (Fsp3) is 0.357. The molecule has 0 bridgehead atoms. The standard InChI is InChI=1S/C14H16Br2FN3/c1-3-11-14(16)13(20(4-2)19-11)8-18-12-6-5-9(15)7-10(12)17/h5-7,18H,3-4,8H2,1-2H3. The molecule has 0 radical (unpaired) electrons. The van der Waals surface area contributed by atoms with Crippen LogP contribution in [0.2, 0.25) is 0 Å². The minimum Gasteiger partial charge on any atom is -0.377 e. The monoisotopic (exact) mass is 403 g/mol. The van der Waals surface area contributed by atoms with E-state index in [0.717, 1.165) is 33.3 Å². The lowest BCUT2D eigenvalue weighted by Crippen LogP contribution is -2.09. The second-order valence-electron chi connectivity index (χ2n) is 4.35. The lowest BCUT2D eigenvalue weighted by molar-refractivity contribution is 0.613. The minimum atomic E-state index is -0.270. The van der Waals surface area contributed by atoms with Gasteiger partial charge in [0.05, 0.1) is 28.1 Å². The quantitative estimate of drug-likeness (QED) is 0.779. The topological polar surface area (TPSA) is 29.9 Å². The molecule has 0 atom stereocenters. The van der Waals surface area contributed by atoms with Crippen molar-refractivity contribution in [2.45, 2.75) is 33.4 Å². The first kappa shape index (κ1) is 15.5. The summed E-state index contributed by atoms with van der Waals surface area (Å²) in [6.07, 6.45) is 0.868. The lowest BCUT2D eigenvalue weighted by Gasteiger charge is -2.10. The van der Waals surface area contributed by atoms with Gasteiger partial charge in [0, 0.05) is 11.0 Å². The molecular weight excluding hydrogens is 389 g/mol. The van der Waals surface area contributed by atoms with E-state index in [1.54, 1.807) is 6.07 Å². The van der Waals surface area contributed by atoms with Crippen molar-refractivity contribution in [2.75, 3.05) is 5.32 Å². The number of benzene rings is 1. The van der Waals surface area contributed by atoms with Crippen molar-refractivity contribution >= 4 is 37.5 Å². The molecule has 0 aliphatic heterocycles. The zero-order chi connectivity index (χ0) is 14.7. The number of aryl methyl sites for hydroxylation is 2. The summed E-state index contributed by atoms with van der Waals surface area (Å²) in [6.45, 7) is 5.43. The van der Waals surface area contributed by atoms with Gasteiger partial charge in [0.15, 0.2) is 0 Å². The maximum absolute atomic E-state index is 13.8. The number of hydrogen-bond donors (Lipinski definition) is 1. The van der Waals surface area contributed by atoms with Crippen LogP contribution < -0.4 is 5.32 Å². The van der Waals surface area contributed by atoms with E-state index >= 15 is 0 Å². The highest BCUT2D eigenvalue weighted by atomic mass is 79.9. The molecule has 0 fully saturated rings. The smallest absolute Gasteiger partial charge is 0.147 e. The van der Waals surface area contributed by atoms with E-state index < -0.39 is 0 Å². The van der Waals surface area contributed by atoms with Gasteiger partial charge in [-0.15, -0.1) is 0 Å². The summed E-state index contributed by atoms with van der Waals surface area (Å²) in [5.41, 5.74) is 2.55. The molecule has 0 aliphatic rings. The van der Waals surface area contributed by atoms with Crippen LogP contribution in [0.1, 0.15) is 25.2 Å². The number of halogens is 3. The van der Waals surface area contributed by atoms with Crippen LogP contribution in [0.5, 0.6) is 0 Å². The van der Waals surface area contributed by atoms with Crippen molar-refractivity contribution in [3.8, 4) is 0 Å². The molecule has 0 spiro atoms. The number of nitrogens with one attached hydrogen (secondary N) is 1. The van der Waals surface area contributed by atoms with Gasteiger partial charge in [0.1, 0.15) is 5.82 Å². The molecule has 6 heteroatoms. The molecule has 0 saturated heterocycles. The van der Waals surface area contributed by atoms with Crippen molar-refractivity contribution in [3.63, 3.8) is 0 Å². The first-order valence-electron chi connectivity index (χ1n) is 6.49. The number of aromatic nitrogens is 2. The fourth-order valence-corrected chi connectivity index (χ4v) is 3.04. The number of anilines is 1. The van der Waals surface area contributed by atoms with Crippen LogP contribution in [0.15, 0.2) is 27.1 Å². The van der Waals surface area contributed by atoms with Crippen LogP contribution in [0.3, 0.4) is 0 Å². The number of hydrogen-bond acceptors (Lipinski definition) is 2. The second-order valence-corrected chi connectivity index (χ2v) is 6.06. The molecule has 1 aromatic heterocycles. The Morgan fingerprint density at radius 3 is 2.65 bits per heavy atom. The van der Waals surface area contributed by atoms with Crippen molar-refractivity contribution in [1.29, 1.82) is 0 Å². The van der Waals surface area contributed by atoms with E-state index in [-0.39, 0.29) is 5.82 Å². The third-order valence-corrected chi connectivity index (χ3v) is 4.48. The SMILES string of the molecule is CCc1nn(CC)c(CNc2ccc(Br)cc2F)c1Br. The molecular formula is C14H16Br2FN3. The van der Waals surface area contributed by atoms with Crippen molar-refractivity contribution < 1.29 is 4.39 Å². The first-order valence-corrected chi connectivity index (χ1v) is 8.08. The number of nitrogens with zero attached hydrogens (tertiary/aromatic N) is 2. The van der Waals surface area contributed by atoms with Gasteiger partial charge in [-0.2, -0.15) is 5.10 Å². The summed E-state index contributed by atoms with van der Waals surface area (Å²) in [5, 5.41) is 7.65. The van der Waals surface area contributed by atoms with Crippen LogP contribution in [0, 0.1) is 5.82 Å². The largest absolute Gasteiger partial charge is 0.377 e. The predicted octanol–water partition coefficient (Wildman–Crippen LogP) is 4.74. The molecule has 0 unspecified atom stereocenters. The Balaban J connectivity index is 2.20. The lowest BCUT2D eigenvalue weighted by atomic mass is 10.2. The Hall–Kier alpha value is -0.880. The third kappa shape index (κ3) is 3.23. The molecule has 0 saturated carbocycles. The van der Waals surface area contributed by atoms with Gasteiger partial charge in [-0.3, -0.25) is 4.68 Å². The van der Waals surface area contributed by atoms with Crippen molar-refractivity contribution in [1.82, 2.24) is 9.78 Å². The van der Waals surface area contributed by atoms with Crippen LogP contribution in [0.4, 0.5) is 10.1 Å². The van der Waals surface area contributed by atoms with Gasteiger partial charge in [0.2, 0.25) is 0 Å². The van der Waals surface area contributed by atoms with Crippen LogP contribution in [-0.4, -0.2) is 9.78 Å². The second kappa shape index (κ2) is 6.72. The Morgan fingerprint density at radius 2 is 2.05 bits per heavy atom. The van der Waals surface area contributed by atoms with Crippen LogP contribution in [0.25, 0.3) is 0 Å². The summed E-state index contributed by atoms with van der Waals surface area (Å²) < 4.78 is 17.5. The summed E-state index contributed by atoms with van der Waals surface area (Å²) in [5.74, 6) is -0.270. The third-order valence-electron chi connectivity index (χ3n) is 3.07. The van der Waals surface area contributed by atoms with Gasteiger partial charge in [-0.25, -0.2) is 4.39 Å². The highest BCUT2D eigenvalue weighted by molar-refractivity contribution is 9.10. The van der Waals surface area contributed by atoms with Gasteiger partial charge >= 0.3 is 0 Å². The minimum absolute atomic E-state index is 0.270. The first-order chi connectivity index (χ1) is 9.56. The normalized spacial score (nSPS) is 10.8. The van der Waals surface area contributed by atoms with E-state index in [2.05, 4.69) is 49.2 Å². The Kier molecular flexibility index (Phi) is 5.21. The summed E-state index contributed by atoms with van der Waals surface area (Å²) in [6, 6.07) is 4.99. The van der Waals surface area contributed by atoms with E-state index in [0.29, 0.717) is 12.2 Å². The van der Waals surface area contributed by atoms with E-state index in [1.807, 2.05) is 17.7 Å². The summed E-state index contributed by atoms with van der Waals surface area (Å²) >= 11 is 6.83. The predicted molar refractivity (Wildman–Crippen MR) is 86.4 cm³/mol. The van der Waals surface area contributed by atoms with Crippen LogP contribution in [-0.2, 0) is 19.5 Å². The zero-order valence-corrected chi connectivity index (χ0v) is 14.6. The Bertz CT molecular complexity index is 611. The van der Waals surface area contributed by atoms with Gasteiger partial charge in [-0.05, 0) is 47.5 Å². The molecule has 1 aromatic carbocycles. The molecule has 3 nitrogen and oxygen atoms in total. The van der Waals surface area contributed by atoms with Crippen molar-refractivity contribution in [2.24, 2.45) is 0 Å². The van der Waals surface area contributed by atoms with Crippen LogP contribution >= 0.6 is 31.9 Å². The van der Waals surface area contributed by atoms with Gasteiger partial charge < -0.3 is 5.32 Å². The maximum Gasteiger partial charge on any atom is 0.147 e. The molecule has 0 aliphatic carbocycles. The average molecular weight is 405 g/mol. The summed E-state index contributed by atoms with van der Waals surface area (Å²) in [4.78, 5) is 0. The average Bonchev–Trinajstić information content (AvgIpc) is 2.74. The molecule has 20 heavy (non-hydrogen) atoms. The van der Waals surface area contributed by atoms with E-state index in [4.69, 9.17) is 0 Å². The molecule has 2 rings (SSSR count). The Morgan fingerprint density at radius 1 is 1.30 bits per heavy atom. The molecule has 1 heterocycles. The summed E-state index contributed by atoms with van der Waals surface area (Å²) in [7, 11) is 0. The Labute approximate surface area is 134 Å². The molecule has 2 aromatic rings. The molecule has 1 N–H and O–H groups in total. The fourth-order valence-electron chi connectivity index (χ4n) is 2.00. The van der Waals surface area contributed by atoms with Crippen molar-refractivity contribution in [3.05, 3.63) is 44.3 Å². The van der Waals surface area contributed by atoms with Gasteiger partial charge in [-0.1, -0.05) is 22.9 Å². The maximum atomic E-state index is 13.8. The van der Waals surface area contributed by atoms with E-state index in [9.17, 15) is 4.39 Å². The van der Waals surface area contributed by atoms with Gasteiger partial charge in [0.25, 0.3) is 0 Å². The molecule has 0 amide bonds. The van der Waals surface area contributed by atoms with E-state index in [1.165, 1.54) is 6.07 Å². The zero-order valence-electron chi connectivity index (χ0n) is 11.4. The highest BCUT2D eigenvalue weighted by Gasteiger charge is 2.14. The molecule has 108 valence electrons.